The number of anilines is 2. The van der Waals surface area contributed by atoms with Gasteiger partial charge in [0.1, 0.15) is 11.8 Å². The number of fused-ring (bicyclic) bond motifs is 1. The van der Waals surface area contributed by atoms with E-state index in [9.17, 15) is 8.78 Å². The topological polar surface area (TPSA) is 121 Å². The van der Waals surface area contributed by atoms with Crippen LogP contribution in [0.3, 0.4) is 0 Å². The van der Waals surface area contributed by atoms with Crippen LogP contribution in [0.15, 0.2) is 43.1 Å². The highest BCUT2D eigenvalue weighted by molar-refractivity contribution is 5.81. The molecule has 2 aliphatic rings. The van der Waals surface area contributed by atoms with Gasteiger partial charge in [0.2, 0.25) is 0 Å². The van der Waals surface area contributed by atoms with Gasteiger partial charge < -0.3 is 25.7 Å². The van der Waals surface area contributed by atoms with Crippen LogP contribution >= 0.6 is 0 Å². The van der Waals surface area contributed by atoms with Gasteiger partial charge in [0.25, 0.3) is 0 Å². The van der Waals surface area contributed by atoms with Crippen LogP contribution in [0.25, 0.3) is 22.4 Å². The van der Waals surface area contributed by atoms with Gasteiger partial charge in [0, 0.05) is 18.7 Å². The largest absolute Gasteiger partial charge is 0.382 e. The molecule has 11 heteroatoms. The second-order valence-electron chi connectivity index (χ2n) is 10.4. The van der Waals surface area contributed by atoms with E-state index in [1.807, 2.05) is 10.6 Å². The second-order valence-corrected chi connectivity index (χ2v) is 10.4. The number of nitrogens with two attached hydrogens (primary N) is 2. The number of benzene rings is 1. The lowest BCUT2D eigenvalue weighted by Crippen LogP contribution is -2.58. The van der Waals surface area contributed by atoms with Gasteiger partial charge in [-0.05, 0) is 61.9 Å². The Labute approximate surface area is 218 Å². The van der Waals surface area contributed by atoms with Crippen molar-refractivity contribution in [2.45, 2.75) is 50.3 Å². The summed E-state index contributed by atoms with van der Waals surface area (Å²) in [5.41, 5.74) is 16.3. The molecule has 9 nitrogen and oxygen atoms in total. The van der Waals surface area contributed by atoms with Crippen molar-refractivity contribution in [3.8, 4) is 11.3 Å². The van der Waals surface area contributed by atoms with Crippen molar-refractivity contribution in [1.82, 2.24) is 24.5 Å². The third-order valence-electron chi connectivity index (χ3n) is 7.56. The lowest BCUT2D eigenvalue weighted by Gasteiger charge is -2.43. The fourth-order valence-electron chi connectivity index (χ4n) is 5.22. The predicted molar refractivity (Wildman–Crippen MR) is 140 cm³/mol. The molecule has 4 N–H and O–H groups in total. The molecule has 0 amide bonds. The number of pyridine rings is 1. The molecular weight excluding hydrogens is 490 g/mol. The van der Waals surface area contributed by atoms with Gasteiger partial charge in [-0.3, -0.25) is 4.98 Å². The highest BCUT2D eigenvalue weighted by atomic mass is 19.2. The zero-order valence-electron chi connectivity index (χ0n) is 21.0. The number of piperidine rings is 1. The summed E-state index contributed by atoms with van der Waals surface area (Å²) in [6, 6.07) is 5.69. The Morgan fingerprint density at radius 2 is 1.92 bits per heavy atom. The summed E-state index contributed by atoms with van der Waals surface area (Å²) in [5, 5.41) is 0. The third-order valence-corrected chi connectivity index (χ3v) is 7.56. The van der Waals surface area contributed by atoms with Gasteiger partial charge in [0.05, 0.1) is 48.7 Å². The molecule has 4 heterocycles. The minimum atomic E-state index is -0.918. The highest BCUT2D eigenvalue weighted by Gasteiger charge is 2.34. The molecule has 38 heavy (non-hydrogen) atoms. The third kappa shape index (κ3) is 4.79. The van der Waals surface area contributed by atoms with Crippen LogP contribution < -0.4 is 16.4 Å². The minimum Gasteiger partial charge on any atom is -0.382 e. The number of rotatable bonds is 7. The van der Waals surface area contributed by atoms with Crippen LogP contribution in [0.4, 0.5) is 20.3 Å². The van der Waals surface area contributed by atoms with E-state index in [0.717, 1.165) is 55.6 Å². The summed E-state index contributed by atoms with van der Waals surface area (Å²) in [6.45, 7) is 2.38. The first-order valence-electron chi connectivity index (χ1n) is 12.9. The van der Waals surface area contributed by atoms with Gasteiger partial charge in [-0.2, -0.15) is 0 Å². The number of ether oxygens (including phenoxy) is 1. The second kappa shape index (κ2) is 9.88. The molecule has 1 saturated carbocycles. The SMILES string of the molecule is Nc1ncnc2c1ncn2Cc1cc(-c2ccc(F)c(F)c2)ncc1N1CCC[C@](N)(COC2CCC2)C1. The highest BCUT2D eigenvalue weighted by Crippen LogP contribution is 2.32. The summed E-state index contributed by atoms with van der Waals surface area (Å²) in [7, 11) is 0. The molecule has 1 saturated heterocycles. The molecule has 1 aliphatic carbocycles. The average molecular weight is 521 g/mol. The Morgan fingerprint density at radius 3 is 2.71 bits per heavy atom. The van der Waals surface area contributed by atoms with E-state index in [0.29, 0.717) is 54.0 Å². The van der Waals surface area contributed by atoms with Crippen LogP contribution in [0.5, 0.6) is 0 Å². The number of halogens is 2. The van der Waals surface area contributed by atoms with Crippen molar-refractivity contribution >= 4 is 22.7 Å². The molecule has 1 aromatic carbocycles. The first kappa shape index (κ1) is 24.6. The Morgan fingerprint density at radius 1 is 1.05 bits per heavy atom. The number of imidazole rings is 1. The van der Waals surface area contributed by atoms with E-state index in [2.05, 4.69) is 24.8 Å². The number of hydrogen-bond donors (Lipinski definition) is 2. The van der Waals surface area contributed by atoms with Crippen LogP contribution in [0, 0.1) is 11.6 Å². The van der Waals surface area contributed by atoms with E-state index in [4.69, 9.17) is 16.2 Å². The van der Waals surface area contributed by atoms with Crippen molar-refractivity contribution in [1.29, 1.82) is 0 Å². The fraction of sp³-hybridized carbons (Fsp3) is 0.407. The smallest absolute Gasteiger partial charge is 0.165 e. The Bertz CT molecular complexity index is 1470. The molecule has 0 spiro atoms. The normalized spacial score (nSPS) is 20.1. The Balaban J connectivity index is 1.35. The van der Waals surface area contributed by atoms with E-state index in [-0.39, 0.29) is 0 Å². The van der Waals surface area contributed by atoms with Crippen molar-refractivity contribution in [3.63, 3.8) is 0 Å². The zero-order valence-corrected chi connectivity index (χ0v) is 21.0. The summed E-state index contributed by atoms with van der Waals surface area (Å²) < 4.78 is 35.6. The monoisotopic (exact) mass is 520 g/mol. The Hall–Kier alpha value is -3.70. The van der Waals surface area contributed by atoms with Gasteiger partial charge in [-0.25, -0.2) is 23.7 Å². The summed E-state index contributed by atoms with van der Waals surface area (Å²) in [4.78, 5) is 19.7. The molecule has 3 aromatic heterocycles. The van der Waals surface area contributed by atoms with Crippen molar-refractivity contribution in [3.05, 3.63) is 60.3 Å². The maximum atomic E-state index is 14.0. The quantitative estimate of drug-likeness (QED) is 0.379. The van der Waals surface area contributed by atoms with Crippen LogP contribution in [-0.4, -0.2) is 55.8 Å². The minimum absolute atomic E-state index is 0.307. The summed E-state index contributed by atoms with van der Waals surface area (Å²) in [5.74, 6) is -1.51. The standard InChI is InChI=1S/C27H30F2N8O/c28-20-6-5-17(9-21(20)29)22-10-18(12-37-16-35-24-25(30)33-15-34-26(24)37)23(11-32-22)36-8-2-7-27(31,13-36)14-38-19-3-1-4-19/h5-6,9-11,15-16,19H,1-4,7-8,12-14,31H2,(H2,30,33,34)/t27-/m1/s1. The lowest BCUT2D eigenvalue weighted by molar-refractivity contribution is -0.0249. The number of nitrogens with zero attached hydrogens (tertiary/aromatic N) is 6. The van der Waals surface area contributed by atoms with E-state index < -0.39 is 17.2 Å². The molecule has 0 radical (unpaired) electrons. The summed E-state index contributed by atoms with van der Waals surface area (Å²) >= 11 is 0. The maximum Gasteiger partial charge on any atom is 0.165 e. The lowest BCUT2D eigenvalue weighted by atomic mass is 9.89. The van der Waals surface area contributed by atoms with Crippen LogP contribution in [-0.2, 0) is 11.3 Å². The molecular formula is C27H30F2N8O. The number of nitrogen functional groups attached to an aromatic ring is 1. The van der Waals surface area contributed by atoms with Crippen LogP contribution in [0.1, 0.15) is 37.7 Å². The van der Waals surface area contributed by atoms with Crippen LogP contribution in [0.2, 0.25) is 0 Å². The van der Waals surface area contributed by atoms with E-state index >= 15 is 0 Å². The zero-order chi connectivity index (χ0) is 26.3. The maximum absolute atomic E-state index is 14.0. The van der Waals surface area contributed by atoms with Crippen molar-refractivity contribution in [2.24, 2.45) is 5.73 Å². The molecule has 6 rings (SSSR count). The Kier molecular flexibility index (Phi) is 6.40. The van der Waals surface area contributed by atoms with Gasteiger partial charge in [0.15, 0.2) is 23.1 Å². The molecule has 1 atom stereocenters. The molecule has 0 unspecified atom stereocenters. The van der Waals surface area contributed by atoms with Crippen molar-refractivity contribution < 1.29 is 13.5 Å². The predicted octanol–water partition coefficient (Wildman–Crippen LogP) is 3.66. The van der Waals surface area contributed by atoms with E-state index in [1.54, 1.807) is 12.5 Å². The number of aromatic nitrogens is 5. The van der Waals surface area contributed by atoms with Crippen molar-refractivity contribution in [2.75, 3.05) is 30.3 Å². The van der Waals surface area contributed by atoms with Gasteiger partial charge in [-0.15, -0.1) is 0 Å². The molecule has 2 fully saturated rings. The molecule has 4 aromatic rings. The first-order valence-corrected chi connectivity index (χ1v) is 12.9. The first-order chi connectivity index (χ1) is 18.4. The number of hydrogen-bond acceptors (Lipinski definition) is 8. The summed E-state index contributed by atoms with van der Waals surface area (Å²) in [6.07, 6.45) is 10.4. The molecule has 0 bridgehead atoms. The fourth-order valence-corrected chi connectivity index (χ4v) is 5.22. The van der Waals surface area contributed by atoms with E-state index in [1.165, 1.54) is 18.8 Å². The molecule has 198 valence electrons. The van der Waals surface area contributed by atoms with Gasteiger partial charge in [-0.1, -0.05) is 0 Å². The average Bonchev–Trinajstić information content (AvgIpc) is 3.29. The van der Waals surface area contributed by atoms with Gasteiger partial charge >= 0.3 is 0 Å². The molecule has 1 aliphatic heterocycles.